The molecule has 0 unspecified atom stereocenters. The van der Waals surface area contributed by atoms with Crippen LogP contribution in [0.25, 0.3) is 22.4 Å². The number of para-hydroxylation sites is 1. The van der Waals surface area contributed by atoms with Crippen LogP contribution in [-0.4, -0.2) is 56.8 Å². The molecule has 1 fully saturated rings. The van der Waals surface area contributed by atoms with E-state index in [9.17, 15) is 18.0 Å². The number of nitrogens with zero attached hydrogens (tertiary/aromatic N) is 4. The zero-order chi connectivity index (χ0) is 23.2. The molecule has 2 aromatic carbocycles. The van der Waals surface area contributed by atoms with Crippen molar-refractivity contribution in [2.45, 2.75) is 24.5 Å². The Hall–Kier alpha value is -3.18. The molecule has 0 bridgehead atoms. The molecule has 33 heavy (non-hydrogen) atoms. The normalized spacial score (nSPS) is 17.5. The number of hydrogen-bond donors (Lipinski definition) is 1. The minimum Gasteiger partial charge on any atom is -0.352 e. The maximum Gasteiger partial charge on any atom is 0.267 e. The quantitative estimate of drug-likeness (QED) is 0.430. The van der Waals surface area contributed by atoms with Gasteiger partial charge in [-0.1, -0.05) is 36.0 Å². The van der Waals surface area contributed by atoms with Gasteiger partial charge in [0, 0.05) is 6.04 Å². The first kappa shape index (κ1) is 21.7. The molecule has 11 heteroatoms. The molecule has 1 amide bonds. The molecule has 1 atom stereocenters. The number of fused-ring (bicyclic) bond motifs is 3. The van der Waals surface area contributed by atoms with E-state index < -0.39 is 9.84 Å². The molecule has 5 rings (SSSR count). The Morgan fingerprint density at radius 2 is 2.00 bits per heavy atom. The van der Waals surface area contributed by atoms with Crippen molar-refractivity contribution in [2.75, 3.05) is 17.3 Å². The average Bonchev–Trinajstić information content (AvgIpc) is 3.35. The summed E-state index contributed by atoms with van der Waals surface area (Å²) in [4.78, 5) is 25.8. The lowest BCUT2D eigenvalue weighted by Gasteiger charge is -2.12. The van der Waals surface area contributed by atoms with Gasteiger partial charge in [0.15, 0.2) is 15.0 Å². The second-order valence-electron chi connectivity index (χ2n) is 8.07. The fourth-order valence-electron chi connectivity index (χ4n) is 4.08. The highest BCUT2D eigenvalue weighted by molar-refractivity contribution is 7.99. The third-order valence-corrected chi connectivity index (χ3v) is 8.28. The van der Waals surface area contributed by atoms with E-state index in [4.69, 9.17) is 0 Å². The van der Waals surface area contributed by atoms with Gasteiger partial charge in [-0.15, -0.1) is 10.2 Å². The van der Waals surface area contributed by atoms with Crippen molar-refractivity contribution in [1.82, 2.24) is 24.5 Å². The SMILES string of the molecule is Cc1cccc(-n2c(=O)c3ccccc3n3c(SCC(=O)N[C@H]4CCS(=O)(=O)C4)nnc23)c1. The van der Waals surface area contributed by atoms with Crippen molar-refractivity contribution in [3.8, 4) is 5.69 Å². The molecule has 1 N–H and O–H groups in total. The lowest BCUT2D eigenvalue weighted by Crippen LogP contribution is -2.36. The van der Waals surface area contributed by atoms with Crippen LogP contribution in [0, 0.1) is 6.92 Å². The molecule has 0 radical (unpaired) electrons. The maximum atomic E-state index is 13.3. The van der Waals surface area contributed by atoms with E-state index in [1.54, 1.807) is 16.5 Å². The predicted molar refractivity (Wildman–Crippen MR) is 127 cm³/mol. The van der Waals surface area contributed by atoms with Gasteiger partial charge in [-0.25, -0.2) is 13.0 Å². The molecular weight excluding hydrogens is 462 g/mol. The van der Waals surface area contributed by atoms with Crippen LogP contribution < -0.4 is 10.9 Å². The molecule has 1 aliphatic heterocycles. The van der Waals surface area contributed by atoms with Crippen LogP contribution in [0.2, 0.25) is 0 Å². The van der Waals surface area contributed by atoms with Crippen molar-refractivity contribution in [3.05, 3.63) is 64.4 Å². The summed E-state index contributed by atoms with van der Waals surface area (Å²) in [6.45, 7) is 1.95. The third-order valence-electron chi connectivity index (χ3n) is 5.58. The highest BCUT2D eigenvalue weighted by Crippen LogP contribution is 2.23. The summed E-state index contributed by atoms with van der Waals surface area (Å²) >= 11 is 1.19. The number of carbonyl (C=O) groups is 1. The van der Waals surface area contributed by atoms with Crippen LogP contribution in [0.5, 0.6) is 0 Å². The molecule has 0 aliphatic carbocycles. The molecule has 1 aliphatic rings. The molecule has 1 saturated heterocycles. The average molecular weight is 484 g/mol. The Morgan fingerprint density at radius 1 is 1.18 bits per heavy atom. The number of aromatic nitrogens is 4. The summed E-state index contributed by atoms with van der Waals surface area (Å²) in [5.74, 6) is 0.215. The molecule has 0 spiro atoms. The number of aryl methyl sites for hydroxylation is 1. The largest absolute Gasteiger partial charge is 0.352 e. The molecular formula is C22H21N5O4S2. The number of hydrogen-bond acceptors (Lipinski definition) is 7. The van der Waals surface area contributed by atoms with Crippen LogP contribution in [0.1, 0.15) is 12.0 Å². The van der Waals surface area contributed by atoms with E-state index in [0.29, 0.717) is 33.9 Å². The molecule has 3 heterocycles. The van der Waals surface area contributed by atoms with E-state index in [0.717, 1.165) is 5.56 Å². The van der Waals surface area contributed by atoms with Gasteiger partial charge in [0.1, 0.15) is 0 Å². The van der Waals surface area contributed by atoms with E-state index in [2.05, 4.69) is 15.5 Å². The first-order chi connectivity index (χ1) is 15.8. The summed E-state index contributed by atoms with van der Waals surface area (Å²) in [5, 5.41) is 12.3. The second kappa shape index (κ2) is 8.31. The zero-order valence-corrected chi connectivity index (χ0v) is 19.4. The minimum absolute atomic E-state index is 0.0231. The number of thioether (sulfide) groups is 1. The second-order valence-corrected chi connectivity index (χ2v) is 11.2. The minimum atomic E-state index is -3.07. The molecule has 4 aromatic rings. The topological polar surface area (TPSA) is 115 Å². The van der Waals surface area contributed by atoms with Crippen molar-refractivity contribution in [3.63, 3.8) is 0 Å². The zero-order valence-electron chi connectivity index (χ0n) is 17.8. The maximum absolute atomic E-state index is 13.3. The Morgan fingerprint density at radius 3 is 2.76 bits per heavy atom. The van der Waals surface area contributed by atoms with Gasteiger partial charge in [-0.2, -0.15) is 0 Å². The van der Waals surface area contributed by atoms with Gasteiger partial charge in [-0.3, -0.25) is 14.0 Å². The molecule has 0 saturated carbocycles. The van der Waals surface area contributed by atoms with Gasteiger partial charge < -0.3 is 5.32 Å². The fourth-order valence-corrected chi connectivity index (χ4v) is 6.50. The Labute approximate surface area is 193 Å². The Balaban J connectivity index is 1.52. The van der Waals surface area contributed by atoms with Gasteiger partial charge >= 0.3 is 0 Å². The van der Waals surface area contributed by atoms with Crippen LogP contribution in [-0.2, 0) is 14.6 Å². The highest BCUT2D eigenvalue weighted by Gasteiger charge is 2.29. The number of rotatable bonds is 5. The van der Waals surface area contributed by atoms with Crippen LogP contribution in [0.15, 0.2) is 58.5 Å². The summed E-state index contributed by atoms with van der Waals surface area (Å²) in [6.07, 6.45) is 0.431. The number of amides is 1. The van der Waals surface area contributed by atoms with Crippen molar-refractivity contribution >= 4 is 44.2 Å². The standard InChI is InChI=1S/C22H21N5O4S2/c1-14-5-4-6-16(11-14)26-20(29)17-7-2-3-8-18(17)27-21(26)24-25-22(27)32-12-19(28)23-15-9-10-33(30,31)13-15/h2-8,11,15H,9-10,12-13H2,1H3,(H,23,28)/t15-/m0/s1. The highest BCUT2D eigenvalue weighted by atomic mass is 32.2. The van der Waals surface area contributed by atoms with Gasteiger partial charge in [0.05, 0.1) is 33.8 Å². The van der Waals surface area contributed by atoms with Gasteiger partial charge in [0.2, 0.25) is 11.7 Å². The molecule has 170 valence electrons. The lowest BCUT2D eigenvalue weighted by atomic mass is 10.2. The number of benzene rings is 2. The molecule has 2 aromatic heterocycles. The summed E-state index contributed by atoms with van der Waals surface area (Å²) in [7, 11) is -3.07. The number of carbonyl (C=O) groups excluding carboxylic acids is 1. The van der Waals surface area contributed by atoms with E-state index >= 15 is 0 Å². The number of sulfone groups is 1. The summed E-state index contributed by atoms with van der Waals surface area (Å²) < 4.78 is 26.6. The van der Waals surface area contributed by atoms with E-state index in [-0.39, 0.29) is 34.8 Å². The first-order valence-electron chi connectivity index (χ1n) is 10.4. The Kier molecular flexibility index (Phi) is 5.45. The van der Waals surface area contributed by atoms with Crippen molar-refractivity contribution in [1.29, 1.82) is 0 Å². The van der Waals surface area contributed by atoms with Gasteiger partial charge in [0.25, 0.3) is 5.56 Å². The lowest BCUT2D eigenvalue weighted by molar-refractivity contribution is -0.119. The third kappa shape index (κ3) is 4.13. The summed E-state index contributed by atoms with van der Waals surface area (Å²) in [6, 6.07) is 14.4. The van der Waals surface area contributed by atoms with E-state index in [1.165, 1.54) is 16.3 Å². The monoisotopic (exact) mass is 483 g/mol. The molecule has 9 nitrogen and oxygen atoms in total. The van der Waals surface area contributed by atoms with Crippen molar-refractivity contribution in [2.24, 2.45) is 0 Å². The summed E-state index contributed by atoms with van der Waals surface area (Å²) in [5.41, 5.74) is 2.13. The van der Waals surface area contributed by atoms with E-state index in [1.807, 2.05) is 43.3 Å². The van der Waals surface area contributed by atoms with Crippen molar-refractivity contribution < 1.29 is 13.2 Å². The number of nitrogens with one attached hydrogen (secondary N) is 1. The Bertz CT molecular complexity index is 1560. The predicted octanol–water partition coefficient (Wildman–Crippen LogP) is 1.74. The van der Waals surface area contributed by atoms with Crippen LogP contribution >= 0.6 is 11.8 Å². The fraction of sp³-hybridized carbons (Fsp3) is 0.273. The smallest absolute Gasteiger partial charge is 0.267 e. The van der Waals surface area contributed by atoms with Crippen LogP contribution in [0.4, 0.5) is 0 Å². The van der Waals surface area contributed by atoms with Crippen LogP contribution in [0.3, 0.4) is 0 Å². The first-order valence-corrected chi connectivity index (χ1v) is 13.2. The van der Waals surface area contributed by atoms with Gasteiger partial charge in [-0.05, 0) is 43.2 Å².